The van der Waals surface area contributed by atoms with Gasteiger partial charge in [0.2, 0.25) is 0 Å². The van der Waals surface area contributed by atoms with Crippen LogP contribution in [-0.2, 0) is 0 Å². The lowest BCUT2D eigenvalue weighted by molar-refractivity contribution is -0.183. The fourth-order valence-electron chi connectivity index (χ4n) is 0.283. The van der Waals surface area contributed by atoms with Crippen LogP contribution in [0, 0.1) is 0 Å². The van der Waals surface area contributed by atoms with Gasteiger partial charge in [0.15, 0.2) is 0 Å². The van der Waals surface area contributed by atoms with Crippen LogP contribution in [0.25, 0.3) is 0 Å². The number of hydrogen-bond donors (Lipinski definition) is 0. The summed E-state index contributed by atoms with van der Waals surface area (Å²) in [6.07, 6.45) is -13.0. The van der Waals surface area contributed by atoms with Gasteiger partial charge in [-0.2, -0.15) is 26.3 Å². The van der Waals surface area contributed by atoms with E-state index in [1.165, 1.54) is 0 Å². The van der Waals surface area contributed by atoms with Gasteiger partial charge in [0.1, 0.15) is 0 Å². The van der Waals surface area contributed by atoms with Crippen LogP contribution in [0.4, 0.5) is 30.7 Å². The SMILES string of the molecule is CF.FC(F)(F)CCC(F)(F)F. The molecule has 0 bridgehead atoms. The fraction of sp³-hybridized carbons (Fsp3) is 1.00. The molecule has 0 aromatic heterocycles. The molecule has 12 heavy (non-hydrogen) atoms. The molecule has 0 saturated carbocycles. The summed E-state index contributed by atoms with van der Waals surface area (Å²) in [6, 6.07) is 0. The summed E-state index contributed by atoms with van der Waals surface area (Å²) in [5.74, 6) is 0. The molecular formula is C5H7F7. The normalized spacial score (nSPS) is 12.0. The molecule has 0 heterocycles. The van der Waals surface area contributed by atoms with Crippen LogP contribution in [-0.4, -0.2) is 19.5 Å². The molecule has 0 aliphatic rings. The highest BCUT2D eigenvalue weighted by Gasteiger charge is 2.35. The molecule has 0 fully saturated rings. The van der Waals surface area contributed by atoms with E-state index in [0.717, 1.165) is 0 Å². The van der Waals surface area contributed by atoms with Gasteiger partial charge in [-0.25, -0.2) is 0 Å². The minimum Gasteiger partial charge on any atom is -0.255 e. The topological polar surface area (TPSA) is 0 Å². The van der Waals surface area contributed by atoms with Crippen molar-refractivity contribution in [2.24, 2.45) is 0 Å². The summed E-state index contributed by atoms with van der Waals surface area (Å²) in [5, 5.41) is 0. The molecule has 0 rings (SSSR count). The van der Waals surface area contributed by atoms with Crippen molar-refractivity contribution < 1.29 is 30.7 Å². The third kappa shape index (κ3) is 16.3. The van der Waals surface area contributed by atoms with Gasteiger partial charge >= 0.3 is 12.4 Å². The van der Waals surface area contributed by atoms with Gasteiger partial charge in [0.25, 0.3) is 0 Å². The first-order chi connectivity index (χ1) is 5.21. The fourth-order valence-corrected chi connectivity index (χ4v) is 0.283. The molecule has 0 aliphatic heterocycles. The van der Waals surface area contributed by atoms with Crippen LogP contribution >= 0.6 is 0 Å². The van der Waals surface area contributed by atoms with Crippen molar-refractivity contribution in [1.29, 1.82) is 0 Å². The smallest absolute Gasteiger partial charge is 0.255 e. The van der Waals surface area contributed by atoms with Crippen LogP contribution in [0.5, 0.6) is 0 Å². The molecule has 0 aromatic rings. The molecule has 76 valence electrons. The van der Waals surface area contributed by atoms with E-state index in [-0.39, 0.29) is 0 Å². The van der Waals surface area contributed by atoms with Gasteiger partial charge in [-0.3, -0.25) is 4.39 Å². The maximum atomic E-state index is 11.1. The van der Waals surface area contributed by atoms with Crippen LogP contribution in [0.3, 0.4) is 0 Å². The van der Waals surface area contributed by atoms with Crippen molar-refractivity contribution in [3.05, 3.63) is 0 Å². The molecule has 0 aromatic carbocycles. The van der Waals surface area contributed by atoms with Crippen molar-refractivity contribution >= 4 is 0 Å². The lowest BCUT2D eigenvalue weighted by Gasteiger charge is -2.07. The second-order valence-corrected chi connectivity index (χ2v) is 1.73. The molecule has 0 spiro atoms. The summed E-state index contributed by atoms with van der Waals surface area (Å²) in [6.45, 7) is 0. The van der Waals surface area contributed by atoms with Crippen LogP contribution in [0.2, 0.25) is 0 Å². The van der Waals surface area contributed by atoms with Crippen molar-refractivity contribution in [3.63, 3.8) is 0 Å². The Morgan fingerprint density at radius 1 is 0.667 bits per heavy atom. The first-order valence-corrected chi connectivity index (χ1v) is 2.72. The van der Waals surface area contributed by atoms with E-state index < -0.39 is 25.2 Å². The van der Waals surface area contributed by atoms with E-state index >= 15 is 0 Å². The standard InChI is InChI=1S/C4H4F6.CH3F/c5-3(6,7)1-2-4(8,9)10;1-2/h1-2H2;1H3. The van der Waals surface area contributed by atoms with E-state index in [0.29, 0.717) is 7.18 Å². The molecule has 0 unspecified atom stereocenters. The van der Waals surface area contributed by atoms with Crippen LogP contribution < -0.4 is 0 Å². The molecule has 0 amide bonds. The average molecular weight is 200 g/mol. The van der Waals surface area contributed by atoms with E-state index in [4.69, 9.17) is 0 Å². The molecule has 7 heteroatoms. The zero-order valence-corrected chi connectivity index (χ0v) is 6.06. The van der Waals surface area contributed by atoms with Crippen molar-refractivity contribution in [2.75, 3.05) is 7.18 Å². The highest BCUT2D eigenvalue weighted by atomic mass is 19.4. The Morgan fingerprint density at radius 2 is 0.833 bits per heavy atom. The lowest BCUT2D eigenvalue weighted by Crippen LogP contribution is -2.15. The van der Waals surface area contributed by atoms with Crippen molar-refractivity contribution in [2.45, 2.75) is 25.2 Å². The Labute approximate surface area is 64.4 Å². The number of alkyl halides is 7. The summed E-state index contributed by atoms with van der Waals surface area (Å²) >= 11 is 0. The van der Waals surface area contributed by atoms with Crippen LogP contribution in [0.15, 0.2) is 0 Å². The van der Waals surface area contributed by atoms with Gasteiger partial charge < -0.3 is 0 Å². The molecule has 0 radical (unpaired) electrons. The number of rotatable bonds is 1. The van der Waals surface area contributed by atoms with Crippen LogP contribution in [0.1, 0.15) is 12.8 Å². The first-order valence-electron chi connectivity index (χ1n) is 2.72. The molecule has 0 N–H and O–H groups in total. The third-order valence-electron chi connectivity index (χ3n) is 0.692. The Balaban J connectivity index is 0. The lowest BCUT2D eigenvalue weighted by atomic mass is 10.3. The van der Waals surface area contributed by atoms with Gasteiger partial charge in [0.05, 0.1) is 20.0 Å². The van der Waals surface area contributed by atoms with E-state index in [1.807, 2.05) is 0 Å². The van der Waals surface area contributed by atoms with Crippen molar-refractivity contribution in [3.8, 4) is 0 Å². The maximum Gasteiger partial charge on any atom is 0.389 e. The Hall–Kier alpha value is -0.490. The molecular weight excluding hydrogens is 193 g/mol. The van der Waals surface area contributed by atoms with E-state index in [2.05, 4.69) is 0 Å². The number of halogens is 7. The predicted molar refractivity (Wildman–Crippen MR) is 28.4 cm³/mol. The summed E-state index contributed by atoms with van der Waals surface area (Å²) in [7, 11) is 0.500. The Morgan fingerprint density at radius 3 is 0.917 bits per heavy atom. The molecule has 0 nitrogen and oxygen atoms in total. The minimum absolute atomic E-state index is 0.500. The van der Waals surface area contributed by atoms with Crippen molar-refractivity contribution in [1.82, 2.24) is 0 Å². The number of hydrogen-bond acceptors (Lipinski definition) is 0. The first kappa shape index (κ1) is 14.1. The van der Waals surface area contributed by atoms with Gasteiger partial charge in [-0.05, 0) is 0 Å². The monoisotopic (exact) mass is 200 g/mol. The zero-order chi connectivity index (χ0) is 10.4. The predicted octanol–water partition coefficient (Wildman–Crippen LogP) is 3.48. The second kappa shape index (κ2) is 5.21. The highest BCUT2D eigenvalue weighted by Crippen LogP contribution is 2.29. The quantitative estimate of drug-likeness (QED) is 0.568. The zero-order valence-electron chi connectivity index (χ0n) is 6.06. The molecule has 0 atom stereocenters. The van der Waals surface area contributed by atoms with E-state index in [9.17, 15) is 30.7 Å². The minimum atomic E-state index is -4.71. The van der Waals surface area contributed by atoms with E-state index in [1.54, 1.807) is 0 Å². The molecule has 0 saturated heterocycles. The Bertz CT molecular complexity index is 85.3. The summed E-state index contributed by atoms with van der Waals surface area (Å²) in [5.41, 5.74) is 0. The molecule has 0 aliphatic carbocycles. The van der Waals surface area contributed by atoms with Gasteiger partial charge in [0, 0.05) is 0 Å². The van der Waals surface area contributed by atoms with Gasteiger partial charge in [-0.15, -0.1) is 0 Å². The maximum absolute atomic E-state index is 11.1. The second-order valence-electron chi connectivity index (χ2n) is 1.73. The Kier molecular flexibility index (Phi) is 6.10. The van der Waals surface area contributed by atoms with Gasteiger partial charge in [-0.1, -0.05) is 0 Å². The highest BCUT2D eigenvalue weighted by molar-refractivity contribution is 4.56. The average Bonchev–Trinajstić information content (AvgIpc) is 1.86. The third-order valence-corrected chi connectivity index (χ3v) is 0.692. The largest absolute Gasteiger partial charge is 0.389 e. The summed E-state index contributed by atoms with van der Waals surface area (Å²) < 4.78 is 76.0. The summed E-state index contributed by atoms with van der Waals surface area (Å²) in [4.78, 5) is 0.